The Morgan fingerprint density at radius 2 is 2.05 bits per heavy atom. The van der Waals surface area contributed by atoms with Crippen LogP contribution in [-0.2, 0) is 17.6 Å². The molecule has 1 heterocycles. The third-order valence-electron chi connectivity index (χ3n) is 3.84. The van der Waals surface area contributed by atoms with Crippen molar-refractivity contribution in [2.75, 3.05) is 23.8 Å². The predicted molar refractivity (Wildman–Crippen MR) is 82.1 cm³/mol. The van der Waals surface area contributed by atoms with Gasteiger partial charge in [0.05, 0.1) is 6.42 Å². The molecule has 0 fully saturated rings. The Morgan fingerprint density at radius 3 is 2.86 bits per heavy atom. The summed E-state index contributed by atoms with van der Waals surface area (Å²) in [5, 5.41) is 2.91. The first kappa shape index (κ1) is 13.6. The number of anilines is 2. The van der Waals surface area contributed by atoms with E-state index < -0.39 is 0 Å². The van der Waals surface area contributed by atoms with Gasteiger partial charge in [-0.3, -0.25) is 4.79 Å². The van der Waals surface area contributed by atoms with Gasteiger partial charge in [0.15, 0.2) is 0 Å². The van der Waals surface area contributed by atoms with Crippen molar-refractivity contribution >= 4 is 17.3 Å². The van der Waals surface area contributed by atoms with E-state index in [-0.39, 0.29) is 18.1 Å². The van der Waals surface area contributed by atoms with Gasteiger partial charge < -0.3 is 10.2 Å². The maximum atomic E-state index is 13.6. The number of hydrogen-bond donors (Lipinski definition) is 1. The predicted octanol–water partition coefficient (Wildman–Crippen LogP) is 3.00. The van der Waals surface area contributed by atoms with Gasteiger partial charge in [-0.1, -0.05) is 24.3 Å². The van der Waals surface area contributed by atoms with Crippen molar-refractivity contribution in [3.63, 3.8) is 0 Å². The molecule has 0 unspecified atom stereocenters. The molecule has 2 aromatic carbocycles. The van der Waals surface area contributed by atoms with Crippen molar-refractivity contribution in [1.82, 2.24) is 0 Å². The molecule has 0 radical (unpaired) electrons. The van der Waals surface area contributed by atoms with Crippen LogP contribution in [0.15, 0.2) is 42.5 Å². The molecule has 0 saturated carbocycles. The van der Waals surface area contributed by atoms with Crippen molar-refractivity contribution in [2.45, 2.75) is 12.8 Å². The van der Waals surface area contributed by atoms with Crippen LogP contribution in [0.3, 0.4) is 0 Å². The highest BCUT2D eigenvalue weighted by molar-refractivity contribution is 5.94. The fraction of sp³-hybridized carbons (Fsp3) is 0.235. The van der Waals surface area contributed by atoms with E-state index in [0.29, 0.717) is 5.56 Å². The molecule has 1 amide bonds. The number of nitrogens with zero attached hydrogens (tertiary/aromatic N) is 1. The molecule has 4 heteroatoms. The van der Waals surface area contributed by atoms with Gasteiger partial charge in [-0.05, 0) is 30.2 Å². The number of benzene rings is 2. The molecule has 108 valence electrons. The SMILES string of the molecule is CN1CCc2c(NC(=O)Cc3ccccc3F)cccc21. The summed E-state index contributed by atoms with van der Waals surface area (Å²) in [5.41, 5.74) is 3.55. The van der Waals surface area contributed by atoms with E-state index in [2.05, 4.69) is 16.3 Å². The number of hydrogen-bond acceptors (Lipinski definition) is 2. The number of fused-ring (bicyclic) bond motifs is 1. The van der Waals surface area contributed by atoms with Crippen LogP contribution in [0.4, 0.5) is 15.8 Å². The summed E-state index contributed by atoms with van der Waals surface area (Å²) in [5.74, 6) is -0.534. The standard InChI is InChI=1S/C17H17FN2O/c1-20-10-9-13-15(7-4-8-16(13)20)19-17(21)11-12-5-2-3-6-14(12)18/h2-8H,9-11H2,1H3,(H,19,21). The van der Waals surface area contributed by atoms with Crippen LogP contribution in [0.1, 0.15) is 11.1 Å². The first-order valence-electron chi connectivity index (χ1n) is 7.01. The number of amides is 1. The minimum Gasteiger partial charge on any atom is -0.374 e. The van der Waals surface area contributed by atoms with Crippen LogP contribution in [0.5, 0.6) is 0 Å². The molecular formula is C17H17FN2O. The Labute approximate surface area is 123 Å². The molecule has 3 rings (SSSR count). The Morgan fingerprint density at radius 1 is 1.24 bits per heavy atom. The Balaban J connectivity index is 1.76. The third kappa shape index (κ3) is 2.75. The summed E-state index contributed by atoms with van der Waals surface area (Å²) >= 11 is 0. The van der Waals surface area contributed by atoms with Crippen LogP contribution in [-0.4, -0.2) is 19.5 Å². The Bertz CT molecular complexity index is 684. The second-order valence-electron chi connectivity index (χ2n) is 5.29. The van der Waals surface area contributed by atoms with Crippen molar-refractivity contribution in [3.05, 3.63) is 59.4 Å². The molecule has 0 aliphatic carbocycles. The largest absolute Gasteiger partial charge is 0.374 e. The lowest BCUT2D eigenvalue weighted by Crippen LogP contribution is -2.16. The van der Waals surface area contributed by atoms with Crippen LogP contribution in [0.25, 0.3) is 0 Å². The van der Waals surface area contributed by atoms with Crippen LogP contribution >= 0.6 is 0 Å². The fourth-order valence-corrected chi connectivity index (χ4v) is 2.72. The average Bonchev–Trinajstić information content (AvgIpc) is 2.84. The molecule has 1 aliphatic rings. The van der Waals surface area contributed by atoms with E-state index in [1.807, 2.05) is 19.2 Å². The summed E-state index contributed by atoms with van der Waals surface area (Å²) in [6, 6.07) is 12.2. The molecule has 0 bridgehead atoms. The zero-order valence-corrected chi connectivity index (χ0v) is 11.9. The molecule has 3 nitrogen and oxygen atoms in total. The van der Waals surface area contributed by atoms with E-state index in [1.165, 1.54) is 6.07 Å². The molecule has 0 saturated heterocycles. The summed E-state index contributed by atoms with van der Waals surface area (Å²) in [6.45, 7) is 0.954. The van der Waals surface area contributed by atoms with E-state index >= 15 is 0 Å². The summed E-state index contributed by atoms with van der Waals surface area (Å²) < 4.78 is 13.6. The summed E-state index contributed by atoms with van der Waals surface area (Å²) in [4.78, 5) is 14.3. The van der Waals surface area contributed by atoms with E-state index in [0.717, 1.165) is 29.9 Å². The number of likely N-dealkylation sites (N-methyl/N-ethyl adjacent to an activating group) is 1. The molecule has 2 aromatic rings. The monoisotopic (exact) mass is 284 g/mol. The van der Waals surface area contributed by atoms with Crippen molar-refractivity contribution in [1.29, 1.82) is 0 Å². The van der Waals surface area contributed by atoms with E-state index in [1.54, 1.807) is 18.2 Å². The lowest BCUT2D eigenvalue weighted by Gasteiger charge is -2.13. The van der Waals surface area contributed by atoms with Gasteiger partial charge >= 0.3 is 0 Å². The van der Waals surface area contributed by atoms with Crippen LogP contribution < -0.4 is 10.2 Å². The Hall–Kier alpha value is -2.36. The fourth-order valence-electron chi connectivity index (χ4n) is 2.72. The average molecular weight is 284 g/mol. The smallest absolute Gasteiger partial charge is 0.228 e. The molecular weight excluding hydrogens is 267 g/mol. The number of rotatable bonds is 3. The van der Waals surface area contributed by atoms with Gasteiger partial charge in [-0.25, -0.2) is 4.39 Å². The Kier molecular flexibility index (Phi) is 3.60. The molecule has 0 atom stereocenters. The second kappa shape index (κ2) is 5.56. The molecule has 1 N–H and O–H groups in total. The van der Waals surface area contributed by atoms with Gasteiger partial charge in [0.2, 0.25) is 5.91 Å². The van der Waals surface area contributed by atoms with Crippen molar-refractivity contribution < 1.29 is 9.18 Å². The number of carbonyl (C=O) groups is 1. The highest BCUT2D eigenvalue weighted by atomic mass is 19.1. The maximum Gasteiger partial charge on any atom is 0.228 e. The summed E-state index contributed by atoms with van der Waals surface area (Å²) in [6.07, 6.45) is 0.966. The van der Waals surface area contributed by atoms with Crippen molar-refractivity contribution in [2.24, 2.45) is 0 Å². The van der Waals surface area contributed by atoms with E-state index in [4.69, 9.17) is 0 Å². The second-order valence-corrected chi connectivity index (χ2v) is 5.29. The van der Waals surface area contributed by atoms with Gasteiger partial charge in [-0.15, -0.1) is 0 Å². The lowest BCUT2D eigenvalue weighted by molar-refractivity contribution is -0.115. The number of halogens is 1. The molecule has 21 heavy (non-hydrogen) atoms. The molecule has 0 aromatic heterocycles. The third-order valence-corrected chi connectivity index (χ3v) is 3.84. The highest BCUT2D eigenvalue weighted by Crippen LogP contribution is 2.32. The zero-order valence-electron chi connectivity index (χ0n) is 11.9. The lowest BCUT2D eigenvalue weighted by atomic mass is 10.1. The quantitative estimate of drug-likeness (QED) is 0.939. The van der Waals surface area contributed by atoms with Crippen LogP contribution in [0, 0.1) is 5.82 Å². The van der Waals surface area contributed by atoms with Crippen molar-refractivity contribution in [3.8, 4) is 0 Å². The summed E-state index contributed by atoms with van der Waals surface area (Å²) in [7, 11) is 2.04. The van der Waals surface area contributed by atoms with Gasteiger partial charge in [0.25, 0.3) is 0 Å². The number of nitrogens with one attached hydrogen (secondary N) is 1. The normalized spacial score (nSPS) is 13.1. The van der Waals surface area contributed by atoms with Crippen LogP contribution in [0.2, 0.25) is 0 Å². The molecule has 0 spiro atoms. The number of carbonyl (C=O) groups excluding carboxylic acids is 1. The first-order chi connectivity index (χ1) is 10.1. The van der Waals surface area contributed by atoms with Gasteiger partial charge in [0.1, 0.15) is 5.82 Å². The zero-order chi connectivity index (χ0) is 14.8. The minimum atomic E-state index is -0.342. The van der Waals surface area contributed by atoms with E-state index in [9.17, 15) is 9.18 Å². The minimum absolute atomic E-state index is 0.0478. The highest BCUT2D eigenvalue weighted by Gasteiger charge is 2.19. The van der Waals surface area contributed by atoms with Gasteiger partial charge in [0, 0.05) is 30.5 Å². The molecule has 1 aliphatic heterocycles. The van der Waals surface area contributed by atoms with Gasteiger partial charge in [-0.2, -0.15) is 0 Å². The first-order valence-corrected chi connectivity index (χ1v) is 7.01. The topological polar surface area (TPSA) is 32.3 Å². The maximum absolute atomic E-state index is 13.6.